The predicted molar refractivity (Wildman–Crippen MR) is 50.6 cm³/mol. The Morgan fingerprint density at radius 1 is 1.64 bits per heavy atom. The monoisotopic (exact) mass is 189 g/mol. The third kappa shape index (κ3) is 2.34. The molecule has 0 saturated heterocycles. The lowest BCUT2D eigenvalue weighted by Gasteiger charge is -2.03. The van der Waals surface area contributed by atoms with Crippen molar-refractivity contribution in [3.8, 4) is 0 Å². The van der Waals surface area contributed by atoms with E-state index in [1.54, 1.807) is 11.8 Å². The third-order valence-electron chi connectivity index (χ3n) is 1.40. The number of H-pyrrole nitrogens is 2. The Labute approximate surface area is 75.0 Å². The fourth-order valence-corrected chi connectivity index (χ4v) is 1.65. The lowest BCUT2D eigenvalue weighted by molar-refractivity contribution is 0.792. The lowest BCUT2D eigenvalue weighted by Crippen LogP contribution is -1.98. The molecule has 5 heteroatoms. The summed E-state index contributed by atoms with van der Waals surface area (Å²) in [6, 6.07) is 0. The minimum atomic E-state index is 0.443. The van der Waals surface area contributed by atoms with E-state index >= 15 is 0 Å². The lowest BCUT2D eigenvalue weighted by atomic mass is 10.2. The third-order valence-corrected chi connectivity index (χ3v) is 2.43. The van der Waals surface area contributed by atoms with Gasteiger partial charge in [0.1, 0.15) is 5.82 Å². The topological polar surface area (TPSA) is 44.5 Å². The number of nitrogens with one attached hydrogen (secondary N) is 2. The average molecular weight is 189 g/mol. The highest BCUT2D eigenvalue weighted by Gasteiger charge is 2.06. The number of hydrogen-bond acceptors (Lipinski definition) is 3. The molecule has 2 N–H and O–H groups in total. The summed E-state index contributed by atoms with van der Waals surface area (Å²) in [5, 5.41) is 5.71. The van der Waals surface area contributed by atoms with Crippen molar-refractivity contribution < 1.29 is 0 Å². The van der Waals surface area contributed by atoms with Crippen molar-refractivity contribution in [2.45, 2.75) is 12.8 Å². The second kappa shape index (κ2) is 3.92. The predicted octanol–water partition coefficient (Wildman–Crippen LogP) is 1.93. The summed E-state index contributed by atoms with van der Waals surface area (Å²) in [7, 11) is 0. The van der Waals surface area contributed by atoms with Crippen LogP contribution in [0.2, 0.25) is 0 Å². The Bertz CT molecular complexity index is 265. The molecule has 0 radical (unpaired) electrons. The first-order valence-corrected chi connectivity index (χ1v) is 5.17. The van der Waals surface area contributed by atoms with Gasteiger partial charge in [-0.25, -0.2) is 4.98 Å². The average Bonchev–Trinajstić information content (AvgIpc) is 2.36. The molecule has 62 valence electrons. The van der Waals surface area contributed by atoms with Gasteiger partial charge >= 0.3 is 0 Å². The maximum Gasteiger partial charge on any atom is 0.213 e. The van der Waals surface area contributed by atoms with Crippen LogP contribution in [0.3, 0.4) is 0 Å². The second-order valence-corrected chi connectivity index (χ2v) is 3.71. The Morgan fingerprint density at radius 3 is 2.82 bits per heavy atom. The van der Waals surface area contributed by atoms with Crippen LogP contribution in [0.5, 0.6) is 0 Å². The molecule has 0 spiro atoms. The highest BCUT2D eigenvalue weighted by atomic mass is 32.2. The van der Waals surface area contributed by atoms with Crippen molar-refractivity contribution >= 4 is 24.0 Å². The summed E-state index contributed by atoms with van der Waals surface area (Å²) in [5.41, 5.74) is 0. The molecule has 0 aromatic carbocycles. The molecule has 0 aliphatic rings. The molecular formula is C6H11N3S2. The SMILES string of the molecule is CSCC(C)c1nc(=S)[nH][nH]1. The van der Waals surface area contributed by atoms with Crippen LogP contribution in [0.4, 0.5) is 0 Å². The van der Waals surface area contributed by atoms with Gasteiger partial charge in [0.05, 0.1) is 0 Å². The first-order valence-electron chi connectivity index (χ1n) is 3.37. The number of rotatable bonds is 3. The standard InChI is InChI=1S/C6H11N3S2/c1-4(3-11-2)5-7-6(10)9-8-5/h4H,3H2,1-2H3,(H2,7,8,9,10). The summed E-state index contributed by atoms with van der Waals surface area (Å²) >= 11 is 6.64. The van der Waals surface area contributed by atoms with E-state index in [2.05, 4.69) is 28.4 Å². The van der Waals surface area contributed by atoms with Gasteiger partial charge in [-0.05, 0) is 18.5 Å². The van der Waals surface area contributed by atoms with Crippen molar-refractivity contribution in [2.24, 2.45) is 0 Å². The fraction of sp³-hybridized carbons (Fsp3) is 0.667. The number of aromatic amines is 2. The van der Waals surface area contributed by atoms with Gasteiger partial charge in [-0.15, -0.1) is 0 Å². The highest BCUT2D eigenvalue weighted by Crippen LogP contribution is 2.13. The van der Waals surface area contributed by atoms with Gasteiger partial charge in [-0.1, -0.05) is 6.92 Å². The van der Waals surface area contributed by atoms with Crippen LogP contribution >= 0.6 is 24.0 Å². The molecule has 1 atom stereocenters. The van der Waals surface area contributed by atoms with E-state index in [-0.39, 0.29) is 0 Å². The molecular weight excluding hydrogens is 178 g/mol. The van der Waals surface area contributed by atoms with Crippen molar-refractivity contribution in [3.05, 3.63) is 10.6 Å². The van der Waals surface area contributed by atoms with E-state index in [1.165, 1.54) is 0 Å². The van der Waals surface area contributed by atoms with Crippen molar-refractivity contribution in [1.29, 1.82) is 0 Å². The molecule has 0 fully saturated rings. The molecule has 3 nitrogen and oxygen atoms in total. The summed E-state index contributed by atoms with van der Waals surface area (Å²) in [6.45, 7) is 2.12. The van der Waals surface area contributed by atoms with Crippen LogP contribution in [-0.2, 0) is 0 Å². The molecule has 0 bridgehead atoms. The van der Waals surface area contributed by atoms with Gasteiger partial charge in [-0.2, -0.15) is 11.8 Å². The Hall–Kier alpha value is -0.290. The Morgan fingerprint density at radius 2 is 2.36 bits per heavy atom. The van der Waals surface area contributed by atoms with E-state index < -0.39 is 0 Å². The molecule has 1 heterocycles. The molecule has 0 amide bonds. The quantitative estimate of drug-likeness (QED) is 0.714. The minimum Gasteiger partial charge on any atom is -0.285 e. The molecule has 1 aromatic rings. The van der Waals surface area contributed by atoms with Crippen LogP contribution in [-0.4, -0.2) is 27.2 Å². The summed E-state index contributed by atoms with van der Waals surface area (Å²) in [4.78, 5) is 4.12. The number of hydrogen-bond donors (Lipinski definition) is 2. The van der Waals surface area contributed by atoms with Gasteiger partial charge in [-0.3, -0.25) is 10.2 Å². The summed E-state index contributed by atoms with van der Waals surface area (Å²) < 4.78 is 0.535. The minimum absolute atomic E-state index is 0.443. The zero-order chi connectivity index (χ0) is 8.27. The largest absolute Gasteiger partial charge is 0.285 e. The zero-order valence-electron chi connectivity index (χ0n) is 6.55. The van der Waals surface area contributed by atoms with Gasteiger partial charge in [0, 0.05) is 11.7 Å². The Kier molecular flexibility index (Phi) is 3.14. The van der Waals surface area contributed by atoms with Gasteiger partial charge in [0.15, 0.2) is 0 Å². The van der Waals surface area contributed by atoms with Crippen molar-refractivity contribution in [2.75, 3.05) is 12.0 Å². The maximum absolute atomic E-state index is 4.83. The van der Waals surface area contributed by atoms with Crippen LogP contribution in [0.25, 0.3) is 0 Å². The maximum atomic E-state index is 4.83. The normalized spacial score (nSPS) is 13.3. The summed E-state index contributed by atoms with van der Waals surface area (Å²) in [5.74, 6) is 2.46. The molecule has 0 saturated carbocycles. The van der Waals surface area contributed by atoms with Crippen LogP contribution < -0.4 is 0 Å². The van der Waals surface area contributed by atoms with Gasteiger partial charge < -0.3 is 0 Å². The van der Waals surface area contributed by atoms with Crippen LogP contribution in [0.15, 0.2) is 0 Å². The molecule has 1 aromatic heterocycles. The fourth-order valence-electron chi connectivity index (χ4n) is 0.845. The molecule has 0 aliphatic heterocycles. The van der Waals surface area contributed by atoms with E-state index in [9.17, 15) is 0 Å². The van der Waals surface area contributed by atoms with Gasteiger partial charge in [0.2, 0.25) is 4.77 Å². The van der Waals surface area contributed by atoms with Gasteiger partial charge in [0.25, 0.3) is 0 Å². The van der Waals surface area contributed by atoms with E-state index in [0.29, 0.717) is 10.7 Å². The van der Waals surface area contributed by atoms with E-state index in [1.807, 2.05) is 0 Å². The highest BCUT2D eigenvalue weighted by molar-refractivity contribution is 7.98. The van der Waals surface area contributed by atoms with Crippen LogP contribution in [0, 0.1) is 4.77 Å². The first-order chi connectivity index (χ1) is 5.24. The van der Waals surface area contributed by atoms with E-state index in [0.717, 1.165) is 11.6 Å². The molecule has 1 unspecified atom stereocenters. The molecule has 11 heavy (non-hydrogen) atoms. The molecule has 1 rings (SSSR count). The number of nitrogens with zero attached hydrogens (tertiary/aromatic N) is 1. The number of aromatic nitrogens is 3. The summed E-state index contributed by atoms with van der Waals surface area (Å²) in [6.07, 6.45) is 2.08. The zero-order valence-corrected chi connectivity index (χ0v) is 8.18. The Balaban J connectivity index is 2.68. The first kappa shape index (κ1) is 8.80. The molecule has 0 aliphatic carbocycles. The second-order valence-electron chi connectivity index (χ2n) is 2.41. The van der Waals surface area contributed by atoms with Crippen molar-refractivity contribution in [1.82, 2.24) is 15.2 Å². The number of thioether (sulfide) groups is 1. The van der Waals surface area contributed by atoms with E-state index in [4.69, 9.17) is 12.2 Å². The van der Waals surface area contributed by atoms with Crippen LogP contribution in [0.1, 0.15) is 18.7 Å². The smallest absolute Gasteiger partial charge is 0.213 e. The van der Waals surface area contributed by atoms with Crippen molar-refractivity contribution in [3.63, 3.8) is 0 Å².